The fourth-order valence-corrected chi connectivity index (χ4v) is 4.22. The summed E-state index contributed by atoms with van der Waals surface area (Å²) in [5, 5.41) is 10.0. The van der Waals surface area contributed by atoms with Crippen molar-refractivity contribution in [2.24, 2.45) is 23.2 Å². The lowest BCUT2D eigenvalue weighted by Crippen LogP contribution is -2.57. The monoisotopic (exact) mass is 274 g/mol. The maximum atomic E-state index is 12.7. The Balaban J connectivity index is 2.24. The van der Waals surface area contributed by atoms with Crippen LogP contribution in [0.1, 0.15) is 33.1 Å². The first-order valence-corrected chi connectivity index (χ1v) is 7.08. The van der Waals surface area contributed by atoms with E-state index in [-0.39, 0.29) is 35.4 Å². The van der Waals surface area contributed by atoms with Gasteiger partial charge in [0.2, 0.25) is 5.78 Å². The Kier molecular flexibility index (Phi) is 2.75. The van der Waals surface area contributed by atoms with Crippen LogP contribution < -0.4 is 0 Å². The molecular weight excluding hydrogens is 256 g/mol. The highest BCUT2D eigenvalue weighted by atomic mass is 16.3. The van der Waals surface area contributed by atoms with Crippen LogP contribution in [0.4, 0.5) is 0 Å². The first kappa shape index (κ1) is 13.3. The van der Waals surface area contributed by atoms with Gasteiger partial charge in [-0.15, -0.1) is 0 Å². The second kappa shape index (κ2) is 4.14. The summed E-state index contributed by atoms with van der Waals surface area (Å²) >= 11 is 0. The van der Waals surface area contributed by atoms with E-state index in [1.54, 1.807) is 0 Å². The highest BCUT2D eigenvalue weighted by molar-refractivity contribution is 6.16. The maximum absolute atomic E-state index is 12.7. The third-order valence-electron chi connectivity index (χ3n) is 5.26. The second-order valence-electron chi connectivity index (χ2n) is 6.29. The van der Waals surface area contributed by atoms with Gasteiger partial charge in [0.05, 0.1) is 5.41 Å². The van der Waals surface area contributed by atoms with E-state index in [0.717, 1.165) is 0 Å². The molecule has 0 aromatic rings. The van der Waals surface area contributed by atoms with Gasteiger partial charge in [0, 0.05) is 24.3 Å². The molecule has 0 radical (unpaired) electrons. The van der Waals surface area contributed by atoms with Crippen molar-refractivity contribution in [3.8, 4) is 0 Å². The van der Waals surface area contributed by atoms with Gasteiger partial charge in [0.25, 0.3) is 0 Å². The third kappa shape index (κ3) is 1.45. The average molecular weight is 274 g/mol. The molecule has 106 valence electrons. The van der Waals surface area contributed by atoms with Crippen molar-refractivity contribution in [1.29, 1.82) is 0 Å². The number of rotatable bonds is 0. The van der Waals surface area contributed by atoms with E-state index in [2.05, 4.69) is 0 Å². The molecule has 3 aliphatic rings. The minimum absolute atomic E-state index is 0.0160. The van der Waals surface area contributed by atoms with Crippen LogP contribution in [-0.2, 0) is 14.4 Å². The van der Waals surface area contributed by atoms with Crippen molar-refractivity contribution >= 4 is 17.3 Å². The van der Waals surface area contributed by atoms with E-state index in [4.69, 9.17) is 0 Å². The Bertz CT molecular complexity index is 583. The van der Waals surface area contributed by atoms with Crippen LogP contribution in [0.2, 0.25) is 0 Å². The Morgan fingerprint density at radius 2 is 1.95 bits per heavy atom. The number of allylic oxidation sites excluding steroid dienone is 4. The summed E-state index contributed by atoms with van der Waals surface area (Å²) in [5.41, 5.74) is -0.894. The summed E-state index contributed by atoms with van der Waals surface area (Å²) in [6, 6.07) is 0. The summed E-state index contributed by atoms with van der Waals surface area (Å²) in [7, 11) is 0. The SMILES string of the molecule is CC1=C(O)C(=O)[C@]23CC(=O)CC[C@@H]2C=C[C@@H](C)[C@H]3C1=O. The number of aliphatic hydroxyl groups excluding tert-OH is 1. The van der Waals surface area contributed by atoms with E-state index in [0.29, 0.717) is 12.8 Å². The van der Waals surface area contributed by atoms with Gasteiger partial charge in [0.15, 0.2) is 11.5 Å². The van der Waals surface area contributed by atoms with Crippen LogP contribution >= 0.6 is 0 Å². The molecule has 0 aliphatic heterocycles. The lowest BCUT2D eigenvalue weighted by molar-refractivity contribution is -0.152. The number of carbonyl (C=O) groups excluding carboxylic acids is 3. The molecule has 1 fully saturated rings. The number of hydrogen-bond donors (Lipinski definition) is 1. The normalized spacial score (nSPS) is 40.7. The molecule has 0 aromatic heterocycles. The topological polar surface area (TPSA) is 71.4 Å². The van der Waals surface area contributed by atoms with Crippen molar-refractivity contribution in [3.05, 3.63) is 23.5 Å². The predicted molar refractivity (Wildman–Crippen MR) is 71.9 cm³/mol. The minimum atomic E-state index is -1.04. The highest BCUT2D eigenvalue weighted by Gasteiger charge is 2.61. The number of carbonyl (C=O) groups is 3. The van der Waals surface area contributed by atoms with Crippen LogP contribution in [0.15, 0.2) is 23.5 Å². The van der Waals surface area contributed by atoms with E-state index in [1.807, 2.05) is 19.1 Å². The molecule has 1 saturated carbocycles. The molecular formula is C16H18O4. The molecule has 3 aliphatic carbocycles. The summed E-state index contributed by atoms with van der Waals surface area (Å²) in [6.07, 6.45) is 5.06. The van der Waals surface area contributed by atoms with Gasteiger partial charge < -0.3 is 5.11 Å². The number of hydrogen-bond acceptors (Lipinski definition) is 4. The third-order valence-corrected chi connectivity index (χ3v) is 5.26. The summed E-state index contributed by atoms with van der Waals surface area (Å²) in [5.74, 6) is -1.72. The molecule has 0 amide bonds. The first-order valence-electron chi connectivity index (χ1n) is 7.08. The van der Waals surface area contributed by atoms with E-state index in [1.165, 1.54) is 6.92 Å². The van der Waals surface area contributed by atoms with Crippen LogP contribution in [0.25, 0.3) is 0 Å². The van der Waals surface area contributed by atoms with Gasteiger partial charge in [-0.25, -0.2) is 0 Å². The molecule has 0 bridgehead atoms. The predicted octanol–water partition coefficient (Wildman–Crippen LogP) is 2.15. The van der Waals surface area contributed by atoms with Crippen molar-refractivity contribution in [3.63, 3.8) is 0 Å². The minimum Gasteiger partial charge on any atom is -0.504 e. The molecule has 3 rings (SSSR count). The van der Waals surface area contributed by atoms with Crippen LogP contribution in [-0.4, -0.2) is 22.5 Å². The molecule has 1 spiro atoms. The maximum Gasteiger partial charge on any atom is 0.205 e. The molecule has 0 heterocycles. The van der Waals surface area contributed by atoms with Crippen LogP contribution in [0, 0.1) is 23.2 Å². The average Bonchev–Trinajstić information content (AvgIpc) is 2.42. The summed E-state index contributed by atoms with van der Waals surface area (Å²) < 4.78 is 0. The standard InChI is InChI=1S/C16H18O4/c1-8-3-4-10-5-6-11(17)7-16(10)12(8)13(18)9(2)14(19)15(16)20/h3-4,8,10,12,19H,5-7H2,1-2H3/t8-,10+,12+,16-/m1/s1. The number of aliphatic hydroxyl groups is 1. The molecule has 0 saturated heterocycles. The molecule has 1 N–H and O–H groups in total. The Morgan fingerprint density at radius 1 is 1.25 bits per heavy atom. The van der Waals surface area contributed by atoms with Gasteiger partial charge in [-0.2, -0.15) is 0 Å². The lowest BCUT2D eigenvalue weighted by Gasteiger charge is -2.51. The summed E-state index contributed by atoms with van der Waals surface area (Å²) in [6.45, 7) is 3.40. The van der Waals surface area contributed by atoms with Crippen molar-refractivity contribution in [1.82, 2.24) is 0 Å². The van der Waals surface area contributed by atoms with Crippen molar-refractivity contribution in [2.45, 2.75) is 33.1 Å². The van der Waals surface area contributed by atoms with Gasteiger partial charge in [-0.05, 0) is 25.2 Å². The Hall–Kier alpha value is -1.71. The smallest absolute Gasteiger partial charge is 0.205 e. The fourth-order valence-electron chi connectivity index (χ4n) is 4.22. The Morgan fingerprint density at radius 3 is 2.65 bits per heavy atom. The fraction of sp³-hybridized carbons (Fsp3) is 0.562. The van der Waals surface area contributed by atoms with E-state index in [9.17, 15) is 19.5 Å². The zero-order valence-electron chi connectivity index (χ0n) is 11.7. The second-order valence-corrected chi connectivity index (χ2v) is 6.29. The van der Waals surface area contributed by atoms with Crippen molar-refractivity contribution in [2.75, 3.05) is 0 Å². The highest BCUT2D eigenvalue weighted by Crippen LogP contribution is 2.56. The van der Waals surface area contributed by atoms with E-state index < -0.39 is 22.9 Å². The largest absolute Gasteiger partial charge is 0.504 e. The molecule has 4 heteroatoms. The van der Waals surface area contributed by atoms with Gasteiger partial charge in [-0.1, -0.05) is 19.1 Å². The zero-order valence-corrected chi connectivity index (χ0v) is 11.7. The van der Waals surface area contributed by atoms with Crippen molar-refractivity contribution < 1.29 is 19.5 Å². The summed E-state index contributed by atoms with van der Waals surface area (Å²) in [4.78, 5) is 37.2. The van der Waals surface area contributed by atoms with Crippen LogP contribution in [0.5, 0.6) is 0 Å². The van der Waals surface area contributed by atoms with Gasteiger partial charge in [0.1, 0.15) is 5.78 Å². The quantitative estimate of drug-likeness (QED) is 0.687. The van der Waals surface area contributed by atoms with Gasteiger partial charge in [-0.3, -0.25) is 14.4 Å². The first-order chi connectivity index (χ1) is 9.39. The zero-order chi connectivity index (χ0) is 14.7. The Labute approximate surface area is 117 Å². The molecule has 0 unspecified atom stereocenters. The molecule has 20 heavy (non-hydrogen) atoms. The number of ketones is 3. The van der Waals surface area contributed by atoms with Gasteiger partial charge >= 0.3 is 0 Å². The molecule has 4 atom stereocenters. The molecule has 0 aromatic carbocycles. The van der Waals surface area contributed by atoms with Crippen LogP contribution in [0.3, 0.4) is 0 Å². The lowest BCUT2D eigenvalue weighted by atomic mass is 9.49. The van der Waals surface area contributed by atoms with E-state index >= 15 is 0 Å². The molecule has 4 nitrogen and oxygen atoms in total. The number of Topliss-reactive ketones (excluding diaryl/α,β-unsaturated/α-hetero) is 3.